The lowest BCUT2D eigenvalue weighted by Gasteiger charge is -2.35. The van der Waals surface area contributed by atoms with E-state index in [1.165, 1.54) is 6.42 Å². The molecule has 5 nitrogen and oxygen atoms in total. The standard InChI is InChI=1S/C14H28N2O3/c1-14(2,3)5-6-16-7-8-19-12(10-16)9-15(4)11-13(17)18/h12H,5-11H2,1-4H3,(H,17,18). The molecule has 1 rings (SSSR count). The fraction of sp³-hybridized carbons (Fsp3) is 0.929. The van der Waals surface area contributed by atoms with Crippen molar-refractivity contribution in [1.29, 1.82) is 0 Å². The Kier molecular flexibility index (Phi) is 6.23. The van der Waals surface area contributed by atoms with Crippen LogP contribution in [0.4, 0.5) is 0 Å². The molecule has 1 aliphatic heterocycles. The van der Waals surface area contributed by atoms with Crippen LogP contribution in [0.1, 0.15) is 27.2 Å². The number of likely N-dealkylation sites (N-methyl/N-ethyl adjacent to an activating group) is 1. The number of aliphatic carboxylic acids is 1. The van der Waals surface area contributed by atoms with Gasteiger partial charge in [-0.3, -0.25) is 14.6 Å². The molecule has 19 heavy (non-hydrogen) atoms. The van der Waals surface area contributed by atoms with Gasteiger partial charge >= 0.3 is 5.97 Å². The van der Waals surface area contributed by atoms with Crippen LogP contribution in [0.5, 0.6) is 0 Å². The lowest BCUT2D eigenvalue weighted by molar-refractivity contribution is -0.138. The van der Waals surface area contributed by atoms with Gasteiger partial charge in [0, 0.05) is 19.6 Å². The summed E-state index contributed by atoms with van der Waals surface area (Å²) in [6, 6.07) is 0. The Balaban J connectivity index is 2.31. The van der Waals surface area contributed by atoms with Crippen molar-refractivity contribution in [1.82, 2.24) is 9.80 Å². The van der Waals surface area contributed by atoms with Crippen molar-refractivity contribution in [3.8, 4) is 0 Å². The highest BCUT2D eigenvalue weighted by molar-refractivity contribution is 5.68. The molecule has 1 atom stereocenters. The van der Waals surface area contributed by atoms with E-state index in [0.717, 1.165) is 26.2 Å². The first kappa shape index (κ1) is 16.4. The van der Waals surface area contributed by atoms with E-state index in [4.69, 9.17) is 9.84 Å². The molecule has 0 spiro atoms. The van der Waals surface area contributed by atoms with Crippen molar-refractivity contribution in [2.24, 2.45) is 5.41 Å². The van der Waals surface area contributed by atoms with Gasteiger partial charge in [-0.1, -0.05) is 20.8 Å². The fourth-order valence-corrected chi connectivity index (χ4v) is 2.23. The van der Waals surface area contributed by atoms with Crippen LogP contribution < -0.4 is 0 Å². The van der Waals surface area contributed by atoms with E-state index in [-0.39, 0.29) is 12.6 Å². The molecule has 1 N–H and O–H groups in total. The molecule has 1 heterocycles. The van der Waals surface area contributed by atoms with Crippen LogP contribution in [-0.2, 0) is 9.53 Å². The summed E-state index contributed by atoms with van der Waals surface area (Å²) in [5.41, 5.74) is 0.355. The van der Waals surface area contributed by atoms with Gasteiger partial charge in [-0.2, -0.15) is 0 Å². The minimum atomic E-state index is -0.789. The Morgan fingerprint density at radius 1 is 1.47 bits per heavy atom. The van der Waals surface area contributed by atoms with Crippen LogP contribution in [0.15, 0.2) is 0 Å². The van der Waals surface area contributed by atoms with Crippen molar-refractivity contribution < 1.29 is 14.6 Å². The zero-order valence-corrected chi connectivity index (χ0v) is 12.7. The lowest BCUT2D eigenvalue weighted by atomic mass is 9.92. The van der Waals surface area contributed by atoms with Crippen molar-refractivity contribution in [3.63, 3.8) is 0 Å². The topological polar surface area (TPSA) is 53.0 Å². The average molecular weight is 272 g/mol. The number of hydrogen-bond acceptors (Lipinski definition) is 4. The summed E-state index contributed by atoms with van der Waals surface area (Å²) in [7, 11) is 1.82. The maximum absolute atomic E-state index is 10.6. The number of hydrogen-bond donors (Lipinski definition) is 1. The quantitative estimate of drug-likeness (QED) is 0.786. The van der Waals surface area contributed by atoms with Gasteiger partial charge in [0.2, 0.25) is 0 Å². The summed E-state index contributed by atoms with van der Waals surface area (Å²) >= 11 is 0. The third-order valence-electron chi connectivity index (χ3n) is 3.32. The van der Waals surface area contributed by atoms with Crippen LogP contribution in [0.3, 0.4) is 0 Å². The number of ether oxygens (including phenoxy) is 1. The highest BCUT2D eigenvalue weighted by Gasteiger charge is 2.23. The van der Waals surface area contributed by atoms with Crippen molar-refractivity contribution in [2.75, 3.05) is 46.4 Å². The van der Waals surface area contributed by atoms with E-state index in [2.05, 4.69) is 25.7 Å². The van der Waals surface area contributed by atoms with Crippen LogP contribution in [0.2, 0.25) is 0 Å². The second-order valence-corrected chi connectivity index (χ2v) is 6.69. The van der Waals surface area contributed by atoms with Crippen LogP contribution in [0.25, 0.3) is 0 Å². The number of carbonyl (C=O) groups is 1. The first-order chi connectivity index (χ1) is 8.76. The van der Waals surface area contributed by atoms with Gasteiger partial charge in [0.25, 0.3) is 0 Å². The van der Waals surface area contributed by atoms with E-state index in [1.807, 2.05) is 7.05 Å². The number of nitrogens with zero attached hydrogens (tertiary/aromatic N) is 2. The number of rotatable bonds is 6. The Bertz CT molecular complexity index is 289. The molecule has 1 saturated heterocycles. The molecule has 0 aromatic heterocycles. The first-order valence-electron chi connectivity index (χ1n) is 7.00. The van der Waals surface area contributed by atoms with Gasteiger partial charge in [0.1, 0.15) is 0 Å². The molecule has 1 unspecified atom stereocenters. The summed E-state index contributed by atoms with van der Waals surface area (Å²) in [5.74, 6) is -0.789. The maximum atomic E-state index is 10.6. The highest BCUT2D eigenvalue weighted by Crippen LogP contribution is 2.19. The highest BCUT2D eigenvalue weighted by atomic mass is 16.5. The van der Waals surface area contributed by atoms with Crippen LogP contribution >= 0.6 is 0 Å². The van der Waals surface area contributed by atoms with E-state index < -0.39 is 5.97 Å². The third kappa shape index (κ3) is 7.50. The molecular formula is C14H28N2O3. The van der Waals surface area contributed by atoms with Crippen LogP contribution in [-0.4, -0.2) is 73.4 Å². The third-order valence-corrected chi connectivity index (χ3v) is 3.32. The number of carboxylic acid groups (broad SMARTS) is 1. The minimum absolute atomic E-state index is 0.0713. The zero-order chi connectivity index (χ0) is 14.5. The van der Waals surface area contributed by atoms with E-state index in [0.29, 0.717) is 12.0 Å². The molecule has 1 aliphatic rings. The second kappa shape index (κ2) is 7.22. The maximum Gasteiger partial charge on any atom is 0.317 e. The van der Waals surface area contributed by atoms with Gasteiger partial charge in [-0.15, -0.1) is 0 Å². The monoisotopic (exact) mass is 272 g/mol. The smallest absolute Gasteiger partial charge is 0.317 e. The van der Waals surface area contributed by atoms with E-state index >= 15 is 0 Å². The summed E-state index contributed by atoms with van der Waals surface area (Å²) in [4.78, 5) is 14.9. The van der Waals surface area contributed by atoms with Gasteiger partial charge in [0.15, 0.2) is 0 Å². The predicted octanol–water partition coefficient (Wildman–Crippen LogP) is 1.14. The normalized spacial score (nSPS) is 21.8. The van der Waals surface area contributed by atoms with Crippen molar-refractivity contribution in [2.45, 2.75) is 33.3 Å². The summed E-state index contributed by atoms with van der Waals surface area (Å²) < 4.78 is 5.72. The van der Waals surface area contributed by atoms with Gasteiger partial charge in [0.05, 0.1) is 19.3 Å². The molecule has 0 aliphatic carbocycles. The summed E-state index contributed by atoms with van der Waals surface area (Å²) in [6.45, 7) is 11.2. The second-order valence-electron chi connectivity index (χ2n) is 6.69. The predicted molar refractivity (Wildman–Crippen MR) is 75.4 cm³/mol. The molecule has 5 heteroatoms. The molecule has 0 bridgehead atoms. The van der Waals surface area contributed by atoms with E-state index in [9.17, 15) is 4.79 Å². The molecular weight excluding hydrogens is 244 g/mol. The van der Waals surface area contributed by atoms with Gasteiger partial charge < -0.3 is 9.84 Å². The van der Waals surface area contributed by atoms with Crippen LogP contribution in [0, 0.1) is 5.41 Å². The number of morpholine rings is 1. The molecule has 112 valence electrons. The first-order valence-corrected chi connectivity index (χ1v) is 7.00. The summed E-state index contributed by atoms with van der Waals surface area (Å²) in [6.07, 6.45) is 1.29. The minimum Gasteiger partial charge on any atom is -0.480 e. The molecule has 0 amide bonds. The lowest BCUT2D eigenvalue weighted by Crippen LogP contribution is -2.48. The molecule has 0 radical (unpaired) electrons. The molecule has 1 fully saturated rings. The van der Waals surface area contributed by atoms with Gasteiger partial charge in [-0.05, 0) is 25.4 Å². The van der Waals surface area contributed by atoms with Gasteiger partial charge in [-0.25, -0.2) is 0 Å². The SMILES string of the molecule is CN(CC(=O)O)CC1CN(CCC(C)(C)C)CCO1. The zero-order valence-electron chi connectivity index (χ0n) is 12.7. The fourth-order valence-electron chi connectivity index (χ4n) is 2.23. The Hall–Kier alpha value is -0.650. The molecule has 0 aromatic rings. The Morgan fingerprint density at radius 2 is 2.16 bits per heavy atom. The number of carboxylic acids is 1. The summed E-state index contributed by atoms with van der Waals surface area (Å²) in [5, 5.41) is 8.75. The molecule has 0 saturated carbocycles. The average Bonchev–Trinajstić information content (AvgIpc) is 2.24. The van der Waals surface area contributed by atoms with Crippen molar-refractivity contribution >= 4 is 5.97 Å². The van der Waals surface area contributed by atoms with E-state index in [1.54, 1.807) is 4.90 Å². The Labute approximate surface area is 116 Å². The molecule has 0 aromatic carbocycles. The largest absolute Gasteiger partial charge is 0.480 e. The Morgan fingerprint density at radius 3 is 2.74 bits per heavy atom. The van der Waals surface area contributed by atoms with Crippen molar-refractivity contribution in [3.05, 3.63) is 0 Å².